The molecule has 1 amide bonds. The van der Waals surface area contributed by atoms with E-state index in [2.05, 4.69) is 29.4 Å². The molecule has 2 fully saturated rings. The van der Waals surface area contributed by atoms with Crippen molar-refractivity contribution in [1.29, 1.82) is 0 Å². The van der Waals surface area contributed by atoms with Gasteiger partial charge in [-0.3, -0.25) is 9.79 Å². The highest BCUT2D eigenvalue weighted by Gasteiger charge is 2.24. The Hall–Kier alpha value is -0.530. The molecule has 0 radical (unpaired) electrons. The number of likely N-dealkylation sites (tertiary alicyclic amines) is 1. The SMILES string of the molecule is CCNC(=NCC1CCCC(C)C1)N1CCC(CC(=O)NC)CC1.I. The maximum absolute atomic E-state index is 11.5. The number of carbonyl (C=O) groups is 1. The number of aliphatic imine (C=N–C) groups is 1. The Morgan fingerprint density at radius 3 is 2.48 bits per heavy atom. The van der Waals surface area contributed by atoms with E-state index in [-0.39, 0.29) is 29.9 Å². The zero-order valence-electron chi connectivity index (χ0n) is 16.2. The van der Waals surface area contributed by atoms with Crippen LogP contribution in [0, 0.1) is 17.8 Å². The lowest BCUT2D eigenvalue weighted by molar-refractivity contribution is -0.121. The van der Waals surface area contributed by atoms with E-state index in [4.69, 9.17) is 4.99 Å². The molecule has 2 N–H and O–H groups in total. The predicted molar refractivity (Wildman–Crippen MR) is 115 cm³/mol. The number of guanidine groups is 1. The second kappa shape index (κ2) is 12.0. The molecule has 5 nitrogen and oxygen atoms in total. The molecule has 1 aliphatic heterocycles. The lowest BCUT2D eigenvalue weighted by atomic mass is 9.82. The van der Waals surface area contributed by atoms with E-state index in [0.29, 0.717) is 12.3 Å². The average Bonchev–Trinajstić information content (AvgIpc) is 2.59. The number of nitrogens with one attached hydrogen (secondary N) is 2. The summed E-state index contributed by atoms with van der Waals surface area (Å²) in [5, 5.41) is 6.20. The average molecular weight is 464 g/mol. The highest BCUT2D eigenvalue weighted by molar-refractivity contribution is 14.0. The number of halogens is 1. The molecule has 2 atom stereocenters. The van der Waals surface area contributed by atoms with Gasteiger partial charge in [0.1, 0.15) is 0 Å². The largest absolute Gasteiger partial charge is 0.359 e. The van der Waals surface area contributed by atoms with Gasteiger partial charge in [-0.1, -0.05) is 19.8 Å². The lowest BCUT2D eigenvalue weighted by Gasteiger charge is -2.34. The van der Waals surface area contributed by atoms with Crippen molar-refractivity contribution in [2.24, 2.45) is 22.7 Å². The molecular weight excluding hydrogens is 427 g/mol. The first kappa shape index (κ1) is 22.5. The van der Waals surface area contributed by atoms with E-state index >= 15 is 0 Å². The van der Waals surface area contributed by atoms with Crippen LogP contribution >= 0.6 is 24.0 Å². The topological polar surface area (TPSA) is 56.7 Å². The van der Waals surface area contributed by atoms with Crippen molar-refractivity contribution in [3.8, 4) is 0 Å². The molecule has 1 saturated heterocycles. The summed E-state index contributed by atoms with van der Waals surface area (Å²) >= 11 is 0. The summed E-state index contributed by atoms with van der Waals surface area (Å²) in [7, 11) is 1.72. The molecule has 146 valence electrons. The Morgan fingerprint density at radius 2 is 1.88 bits per heavy atom. The number of hydrogen-bond acceptors (Lipinski definition) is 2. The fourth-order valence-corrected chi connectivity index (χ4v) is 4.08. The number of rotatable bonds is 5. The molecule has 2 rings (SSSR count). The standard InChI is InChI=1S/C19H36N4O.HI/c1-4-21-19(22-14-17-7-5-6-15(2)12-17)23-10-8-16(9-11-23)13-18(24)20-3;/h15-17H,4-14H2,1-3H3,(H,20,24)(H,21,22);1H. The third-order valence-corrected chi connectivity index (χ3v) is 5.55. The first-order chi connectivity index (χ1) is 11.6. The fourth-order valence-electron chi connectivity index (χ4n) is 4.08. The molecule has 0 aromatic carbocycles. The molecule has 1 aliphatic carbocycles. The van der Waals surface area contributed by atoms with Gasteiger partial charge in [0.2, 0.25) is 5.91 Å². The number of carbonyl (C=O) groups excluding carboxylic acids is 1. The van der Waals surface area contributed by atoms with E-state index in [9.17, 15) is 4.79 Å². The predicted octanol–water partition coefficient (Wildman–Crippen LogP) is 3.24. The smallest absolute Gasteiger partial charge is 0.220 e. The molecule has 2 unspecified atom stereocenters. The Kier molecular flexibility index (Phi) is 10.8. The molecule has 1 saturated carbocycles. The number of hydrogen-bond donors (Lipinski definition) is 2. The van der Waals surface area contributed by atoms with Crippen molar-refractivity contribution in [2.75, 3.05) is 33.2 Å². The van der Waals surface area contributed by atoms with Crippen molar-refractivity contribution in [3.05, 3.63) is 0 Å². The van der Waals surface area contributed by atoms with Gasteiger partial charge in [-0.25, -0.2) is 0 Å². The van der Waals surface area contributed by atoms with Crippen LogP contribution in [0.15, 0.2) is 4.99 Å². The van der Waals surface area contributed by atoms with E-state index in [0.717, 1.165) is 56.8 Å². The van der Waals surface area contributed by atoms with Crippen molar-refractivity contribution in [1.82, 2.24) is 15.5 Å². The first-order valence-corrected chi connectivity index (χ1v) is 9.86. The normalized spacial score (nSPS) is 25.2. The Bertz CT molecular complexity index is 422. The van der Waals surface area contributed by atoms with Gasteiger partial charge in [-0.2, -0.15) is 0 Å². The molecule has 0 bridgehead atoms. The Morgan fingerprint density at radius 1 is 1.16 bits per heavy atom. The molecule has 0 spiro atoms. The van der Waals surface area contributed by atoms with Gasteiger partial charge in [-0.05, 0) is 50.4 Å². The van der Waals surface area contributed by atoms with Crippen LogP contribution < -0.4 is 10.6 Å². The zero-order chi connectivity index (χ0) is 17.4. The van der Waals surface area contributed by atoms with Crippen LogP contribution in [0.5, 0.6) is 0 Å². The summed E-state index contributed by atoms with van der Waals surface area (Å²) in [5.74, 6) is 3.38. The number of amides is 1. The van der Waals surface area contributed by atoms with Crippen LogP contribution in [0.3, 0.4) is 0 Å². The van der Waals surface area contributed by atoms with Gasteiger partial charge >= 0.3 is 0 Å². The molecule has 0 aromatic rings. The van der Waals surface area contributed by atoms with Gasteiger partial charge in [-0.15, -0.1) is 24.0 Å². The van der Waals surface area contributed by atoms with Crippen molar-refractivity contribution < 1.29 is 4.79 Å². The Labute approximate surface area is 170 Å². The molecular formula is C19H37IN4O. The minimum atomic E-state index is 0. The van der Waals surface area contributed by atoms with Gasteiger partial charge in [0.05, 0.1) is 0 Å². The Balaban J connectivity index is 0.00000312. The van der Waals surface area contributed by atoms with Gasteiger partial charge < -0.3 is 15.5 Å². The lowest BCUT2D eigenvalue weighted by Crippen LogP contribution is -2.46. The quantitative estimate of drug-likeness (QED) is 0.373. The fraction of sp³-hybridized carbons (Fsp3) is 0.895. The van der Waals surface area contributed by atoms with Gasteiger partial charge in [0.15, 0.2) is 5.96 Å². The number of nitrogens with zero attached hydrogens (tertiary/aromatic N) is 2. The van der Waals surface area contributed by atoms with Gasteiger partial charge in [0, 0.05) is 39.6 Å². The van der Waals surface area contributed by atoms with E-state index in [1.807, 2.05) is 0 Å². The van der Waals surface area contributed by atoms with Crippen molar-refractivity contribution in [3.63, 3.8) is 0 Å². The maximum atomic E-state index is 11.5. The van der Waals surface area contributed by atoms with E-state index in [1.54, 1.807) is 7.05 Å². The maximum Gasteiger partial charge on any atom is 0.220 e. The molecule has 25 heavy (non-hydrogen) atoms. The zero-order valence-corrected chi connectivity index (χ0v) is 18.6. The molecule has 0 aromatic heterocycles. The highest BCUT2D eigenvalue weighted by atomic mass is 127. The van der Waals surface area contributed by atoms with Crippen molar-refractivity contribution >= 4 is 35.8 Å². The van der Waals surface area contributed by atoms with E-state index < -0.39 is 0 Å². The summed E-state index contributed by atoms with van der Waals surface area (Å²) in [6.45, 7) is 8.40. The third kappa shape index (κ3) is 7.71. The third-order valence-electron chi connectivity index (χ3n) is 5.55. The van der Waals surface area contributed by atoms with Crippen molar-refractivity contribution in [2.45, 2.75) is 58.8 Å². The number of piperidine rings is 1. The second-order valence-corrected chi connectivity index (χ2v) is 7.64. The van der Waals surface area contributed by atoms with Crippen LogP contribution in [0.1, 0.15) is 58.8 Å². The molecule has 1 heterocycles. The minimum Gasteiger partial charge on any atom is -0.359 e. The summed E-state index contributed by atoms with van der Waals surface area (Å²) in [6, 6.07) is 0. The minimum absolute atomic E-state index is 0. The summed E-state index contributed by atoms with van der Waals surface area (Å²) < 4.78 is 0. The monoisotopic (exact) mass is 464 g/mol. The van der Waals surface area contributed by atoms with Crippen LogP contribution in [0.2, 0.25) is 0 Å². The summed E-state index contributed by atoms with van der Waals surface area (Å²) in [6.07, 6.45) is 8.25. The van der Waals surface area contributed by atoms with Crippen LogP contribution in [0.4, 0.5) is 0 Å². The highest BCUT2D eigenvalue weighted by Crippen LogP contribution is 2.28. The molecule has 6 heteroatoms. The second-order valence-electron chi connectivity index (χ2n) is 7.64. The van der Waals surface area contributed by atoms with Crippen LogP contribution in [0.25, 0.3) is 0 Å². The van der Waals surface area contributed by atoms with Crippen LogP contribution in [-0.2, 0) is 4.79 Å². The summed E-state index contributed by atoms with van der Waals surface area (Å²) in [5.41, 5.74) is 0. The first-order valence-electron chi connectivity index (χ1n) is 9.86. The van der Waals surface area contributed by atoms with Gasteiger partial charge in [0.25, 0.3) is 0 Å². The summed E-state index contributed by atoms with van der Waals surface area (Å²) in [4.78, 5) is 18.9. The van der Waals surface area contributed by atoms with E-state index in [1.165, 1.54) is 25.7 Å². The molecule has 2 aliphatic rings. The van der Waals surface area contributed by atoms with Crippen LogP contribution in [-0.4, -0.2) is 50.0 Å².